The van der Waals surface area contributed by atoms with E-state index in [0.29, 0.717) is 19.5 Å². The van der Waals surface area contributed by atoms with Gasteiger partial charge >= 0.3 is 0 Å². The first-order valence-electron chi connectivity index (χ1n) is 9.41. The van der Waals surface area contributed by atoms with E-state index in [2.05, 4.69) is 11.4 Å². The zero-order valence-electron chi connectivity index (χ0n) is 15.4. The topological polar surface area (TPSA) is 58.6 Å². The highest BCUT2D eigenvalue weighted by atomic mass is 32.1. The fraction of sp³-hybridized carbons (Fsp3) is 0.429. The third-order valence-electron chi connectivity index (χ3n) is 5.71. The first-order valence-corrected chi connectivity index (χ1v) is 10.3. The molecule has 142 valence electrons. The number of likely N-dealkylation sites (tertiary alicyclic amines) is 1. The lowest BCUT2D eigenvalue weighted by Gasteiger charge is -2.46. The van der Waals surface area contributed by atoms with E-state index in [0.717, 1.165) is 35.5 Å². The van der Waals surface area contributed by atoms with Gasteiger partial charge < -0.3 is 15.0 Å². The number of ether oxygens (including phenoxy) is 1. The Morgan fingerprint density at radius 1 is 1.22 bits per heavy atom. The fourth-order valence-corrected chi connectivity index (χ4v) is 4.92. The third-order valence-corrected chi connectivity index (χ3v) is 6.57. The lowest BCUT2D eigenvalue weighted by atomic mass is 9.76. The minimum absolute atomic E-state index is 0.0529. The van der Waals surface area contributed by atoms with Crippen molar-refractivity contribution < 1.29 is 14.3 Å². The average molecular weight is 385 g/mol. The van der Waals surface area contributed by atoms with Crippen molar-refractivity contribution in [2.24, 2.45) is 0 Å². The molecule has 2 aromatic rings. The number of amides is 2. The van der Waals surface area contributed by atoms with Crippen LogP contribution in [-0.4, -0.2) is 42.5 Å². The van der Waals surface area contributed by atoms with E-state index in [-0.39, 0.29) is 23.3 Å². The van der Waals surface area contributed by atoms with Crippen LogP contribution >= 0.6 is 11.3 Å². The number of hydrogen-bond donors (Lipinski definition) is 1. The minimum atomic E-state index is -0.292. The van der Waals surface area contributed by atoms with Gasteiger partial charge in [-0.25, -0.2) is 0 Å². The van der Waals surface area contributed by atoms with Gasteiger partial charge in [0.1, 0.15) is 11.4 Å². The van der Waals surface area contributed by atoms with E-state index < -0.39 is 0 Å². The molecule has 1 N–H and O–H groups in total. The molecule has 3 heterocycles. The number of benzene rings is 1. The van der Waals surface area contributed by atoms with Crippen LogP contribution in [0, 0.1) is 0 Å². The summed E-state index contributed by atoms with van der Waals surface area (Å²) in [6.07, 6.45) is 2.88. The second kappa shape index (κ2) is 7.35. The highest BCUT2D eigenvalue weighted by Crippen LogP contribution is 2.46. The van der Waals surface area contributed by atoms with Crippen molar-refractivity contribution in [3.8, 4) is 5.75 Å². The number of nitrogens with one attached hydrogen (secondary N) is 1. The monoisotopic (exact) mass is 384 g/mol. The number of rotatable bonds is 3. The number of nitrogens with zero attached hydrogens (tertiary/aromatic N) is 1. The number of carbonyl (C=O) groups is 2. The summed E-state index contributed by atoms with van der Waals surface area (Å²) in [4.78, 5) is 27.4. The summed E-state index contributed by atoms with van der Waals surface area (Å²) in [5.41, 5.74) is 0.822. The lowest BCUT2D eigenvalue weighted by Crippen LogP contribution is -2.52. The summed E-state index contributed by atoms with van der Waals surface area (Å²) in [6.45, 7) is 1.37. The Hall–Kier alpha value is -2.34. The van der Waals surface area contributed by atoms with Crippen molar-refractivity contribution in [2.45, 2.75) is 37.2 Å². The molecule has 1 atom stereocenters. The SMILES string of the molecule is CNC(=O)CC1CC2(CCN(C(=O)c3cccs3)CC2)Oc2ccccc21. The van der Waals surface area contributed by atoms with E-state index in [1.165, 1.54) is 11.3 Å². The standard InChI is InChI=1S/C21H24N2O3S/c1-22-19(24)13-15-14-21(26-17-6-3-2-5-16(15)17)8-10-23(11-9-21)20(25)18-7-4-12-27-18/h2-7,12,15H,8-11,13-14H2,1H3,(H,22,24). The zero-order valence-corrected chi connectivity index (χ0v) is 16.3. The van der Waals surface area contributed by atoms with Gasteiger partial charge in [-0.2, -0.15) is 0 Å². The fourth-order valence-electron chi connectivity index (χ4n) is 4.23. The number of hydrogen-bond acceptors (Lipinski definition) is 4. The zero-order chi connectivity index (χ0) is 18.9. The molecule has 27 heavy (non-hydrogen) atoms. The Bertz CT molecular complexity index is 826. The maximum absolute atomic E-state index is 12.6. The van der Waals surface area contributed by atoms with E-state index in [4.69, 9.17) is 4.74 Å². The van der Waals surface area contributed by atoms with Gasteiger partial charge in [-0.05, 0) is 29.5 Å². The highest BCUT2D eigenvalue weighted by molar-refractivity contribution is 7.12. The second-order valence-corrected chi connectivity index (χ2v) is 8.32. The van der Waals surface area contributed by atoms with Gasteiger partial charge in [0.05, 0.1) is 4.88 Å². The molecule has 1 aromatic heterocycles. The number of carbonyl (C=O) groups excluding carboxylic acids is 2. The molecule has 2 amide bonds. The Labute approximate surface area is 163 Å². The van der Waals surface area contributed by atoms with Crippen molar-refractivity contribution >= 4 is 23.2 Å². The summed E-state index contributed by atoms with van der Waals surface area (Å²) < 4.78 is 6.46. The van der Waals surface area contributed by atoms with Gasteiger partial charge in [-0.1, -0.05) is 24.3 Å². The maximum Gasteiger partial charge on any atom is 0.263 e. The molecule has 5 nitrogen and oxygen atoms in total. The van der Waals surface area contributed by atoms with Crippen LogP contribution in [-0.2, 0) is 4.79 Å². The predicted octanol–water partition coefficient (Wildman–Crippen LogP) is 3.43. The second-order valence-electron chi connectivity index (χ2n) is 7.37. The first-order chi connectivity index (χ1) is 13.1. The molecule has 0 bridgehead atoms. The van der Waals surface area contributed by atoms with Crippen molar-refractivity contribution in [3.63, 3.8) is 0 Å². The average Bonchev–Trinajstić information content (AvgIpc) is 3.23. The Balaban J connectivity index is 1.51. The molecular formula is C21H24N2O3S. The molecule has 1 aromatic carbocycles. The van der Waals surface area contributed by atoms with Crippen molar-refractivity contribution in [3.05, 3.63) is 52.2 Å². The van der Waals surface area contributed by atoms with Gasteiger partial charge in [-0.15, -0.1) is 11.3 Å². The van der Waals surface area contributed by atoms with Gasteiger partial charge in [0.25, 0.3) is 5.91 Å². The summed E-state index contributed by atoms with van der Waals surface area (Å²) in [6, 6.07) is 11.8. The number of thiophene rings is 1. The lowest BCUT2D eigenvalue weighted by molar-refractivity contribution is -0.121. The van der Waals surface area contributed by atoms with Crippen molar-refractivity contribution in [2.75, 3.05) is 20.1 Å². The maximum atomic E-state index is 12.6. The highest BCUT2D eigenvalue weighted by Gasteiger charge is 2.44. The van der Waals surface area contributed by atoms with Crippen LogP contribution in [0.3, 0.4) is 0 Å². The molecule has 1 spiro atoms. The van der Waals surface area contributed by atoms with E-state index in [1.54, 1.807) is 7.05 Å². The number of piperidine rings is 1. The van der Waals surface area contributed by atoms with Crippen LogP contribution in [0.4, 0.5) is 0 Å². The van der Waals surface area contributed by atoms with Crippen LogP contribution in [0.25, 0.3) is 0 Å². The smallest absolute Gasteiger partial charge is 0.263 e. The summed E-state index contributed by atoms with van der Waals surface area (Å²) in [7, 11) is 1.68. The minimum Gasteiger partial charge on any atom is -0.487 e. The van der Waals surface area contributed by atoms with Crippen molar-refractivity contribution in [1.29, 1.82) is 0 Å². The van der Waals surface area contributed by atoms with Crippen molar-refractivity contribution in [1.82, 2.24) is 10.2 Å². The molecule has 6 heteroatoms. The first kappa shape index (κ1) is 18.0. The molecule has 1 saturated heterocycles. The molecule has 1 unspecified atom stereocenters. The molecule has 0 saturated carbocycles. The summed E-state index contributed by atoms with van der Waals surface area (Å²) in [5, 5.41) is 4.67. The quantitative estimate of drug-likeness (QED) is 0.882. The van der Waals surface area contributed by atoms with E-state index in [1.807, 2.05) is 40.6 Å². The van der Waals surface area contributed by atoms with Crippen LogP contribution in [0.2, 0.25) is 0 Å². The largest absolute Gasteiger partial charge is 0.487 e. The Kier molecular flexibility index (Phi) is 4.91. The van der Waals surface area contributed by atoms with Gasteiger partial charge in [0.15, 0.2) is 0 Å². The van der Waals surface area contributed by atoms with Crippen LogP contribution in [0.5, 0.6) is 5.75 Å². The Morgan fingerprint density at radius 3 is 2.70 bits per heavy atom. The molecule has 0 aliphatic carbocycles. The molecule has 1 fully saturated rings. The molecule has 4 rings (SSSR count). The van der Waals surface area contributed by atoms with Crippen LogP contribution < -0.4 is 10.1 Å². The van der Waals surface area contributed by atoms with Crippen LogP contribution in [0.15, 0.2) is 41.8 Å². The molecular weight excluding hydrogens is 360 g/mol. The third kappa shape index (κ3) is 3.58. The number of para-hydroxylation sites is 1. The van der Waals surface area contributed by atoms with Crippen LogP contribution in [0.1, 0.15) is 46.8 Å². The van der Waals surface area contributed by atoms with E-state index in [9.17, 15) is 9.59 Å². The molecule has 2 aliphatic rings. The molecule has 0 radical (unpaired) electrons. The summed E-state index contributed by atoms with van der Waals surface area (Å²) in [5.74, 6) is 1.19. The summed E-state index contributed by atoms with van der Waals surface area (Å²) >= 11 is 1.49. The van der Waals surface area contributed by atoms with E-state index >= 15 is 0 Å². The normalized spacial score (nSPS) is 20.6. The Morgan fingerprint density at radius 2 is 2.00 bits per heavy atom. The molecule has 2 aliphatic heterocycles. The van der Waals surface area contributed by atoms with Gasteiger partial charge in [0, 0.05) is 45.3 Å². The van der Waals surface area contributed by atoms with Gasteiger partial charge in [-0.3, -0.25) is 9.59 Å². The number of fused-ring (bicyclic) bond motifs is 1. The predicted molar refractivity (Wildman–Crippen MR) is 105 cm³/mol. The van der Waals surface area contributed by atoms with Gasteiger partial charge in [0.2, 0.25) is 5.91 Å².